The van der Waals surface area contributed by atoms with Crippen molar-refractivity contribution in [2.75, 3.05) is 13.1 Å². The van der Waals surface area contributed by atoms with Gasteiger partial charge in [-0.3, -0.25) is 4.79 Å². The number of nitrogens with one attached hydrogen (secondary N) is 1. The monoisotopic (exact) mass is 241 g/mol. The van der Waals surface area contributed by atoms with E-state index in [0.29, 0.717) is 6.54 Å². The Hall–Kier alpha value is -1.77. The number of aliphatic carboxylic acids is 1. The Bertz CT molecular complexity index is 310. The van der Waals surface area contributed by atoms with E-state index in [4.69, 9.17) is 10.4 Å². The van der Waals surface area contributed by atoms with Crippen LogP contribution in [-0.2, 0) is 4.79 Å². The Morgan fingerprint density at radius 3 is 2.41 bits per heavy atom. The molecular formula is C11H19N3O3. The zero-order chi connectivity index (χ0) is 13.4. The van der Waals surface area contributed by atoms with E-state index < -0.39 is 11.9 Å². The summed E-state index contributed by atoms with van der Waals surface area (Å²) in [6.07, 6.45) is 0.264. The number of carbonyl (C=O) groups is 2. The first kappa shape index (κ1) is 15.2. The minimum atomic E-state index is -0.946. The first-order chi connectivity index (χ1) is 7.90. The van der Waals surface area contributed by atoms with Gasteiger partial charge in [-0.05, 0) is 13.8 Å². The average molecular weight is 241 g/mol. The predicted molar refractivity (Wildman–Crippen MR) is 62.3 cm³/mol. The summed E-state index contributed by atoms with van der Waals surface area (Å²) in [5.74, 6) is -1.57. The highest BCUT2D eigenvalue weighted by Gasteiger charge is 2.18. The summed E-state index contributed by atoms with van der Waals surface area (Å²) in [6.45, 7) is 5.65. The SMILES string of the molecule is CC(CNC(=O)N(CCC#N)C(C)C)C(=O)O. The normalized spacial score (nSPS) is 11.7. The number of hydrogen-bond donors (Lipinski definition) is 2. The summed E-state index contributed by atoms with van der Waals surface area (Å²) in [5, 5.41) is 19.7. The highest BCUT2D eigenvalue weighted by molar-refractivity contribution is 5.76. The van der Waals surface area contributed by atoms with Crippen molar-refractivity contribution < 1.29 is 14.7 Å². The molecule has 6 heteroatoms. The van der Waals surface area contributed by atoms with Gasteiger partial charge < -0.3 is 15.3 Å². The fourth-order valence-electron chi connectivity index (χ4n) is 1.19. The number of carbonyl (C=O) groups excluding carboxylic acids is 1. The van der Waals surface area contributed by atoms with Gasteiger partial charge >= 0.3 is 12.0 Å². The van der Waals surface area contributed by atoms with E-state index in [0.717, 1.165) is 0 Å². The second-order valence-electron chi connectivity index (χ2n) is 4.12. The van der Waals surface area contributed by atoms with E-state index in [1.807, 2.05) is 19.9 Å². The molecule has 0 bridgehead atoms. The number of amides is 2. The van der Waals surface area contributed by atoms with Crippen LogP contribution in [0.3, 0.4) is 0 Å². The summed E-state index contributed by atoms with van der Waals surface area (Å²) in [4.78, 5) is 23.8. The van der Waals surface area contributed by atoms with E-state index >= 15 is 0 Å². The van der Waals surface area contributed by atoms with Gasteiger partial charge in [0, 0.05) is 19.1 Å². The lowest BCUT2D eigenvalue weighted by Gasteiger charge is -2.26. The molecule has 0 aliphatic carbocycles. The number of nitriles is 1. The fraction of sp³-hybridized carbons (Fsp3) is 0.727. The molecule has 0 aromatic rings. The second-order valence-corrected chi connectivity index (χ2v) is 4.12. The van der Waals surface area contributed by atoms with Gasteiger partial charge in [0.15, 0.2) is 0 Å². The van der Waals surface area contributed by atoms with E-state index in [1.54, 1.807) is 0 Å². The first-order valence-electron chi connectivity index (χ1n) is 5.54. The molecule has 96 valence electrons. The van der Waals surface area contributed by atoms with Crippen LogP contribution in [0.1, 0.15) is 27.2 Å². The molecule has 0 fully saturated rings. The molecule has 6 nitrogen and oxygen atoms in total. The van der Waals surface area contributed by atoms with Gasteiger partial charge in [-0.1, -0.05) is 6.92 Å². The fourth-order valence-corrected chi connectivity index (χ4v) is 1.19. The number of rotatable bonds is 6. The quantitative estimate of drug-likeness (QED) is 0.726. The number of urea groups is 1. The van der Waals surface area contributed by atoms with E-state index in [-0.39, 0.29) is 25.0 Å². The minimum Gasteiger partial charge on any atom is -0.481 e. The van der Waals surface area contributed by atoms with E-state index in [2.05, 4.69) is 5.32 Å². The largest absolute Gasteiger partial charge is 0.481 e. The Morgan fingerprint density at radius 2 is 2.00 bits per heavy atom. The lowest BCUT2D eigenvalue weighted by molar-refractivity contribution is -0.140. The first-order valence-corrected chi connectivity index (χ1v) is 5.54. The molecular weight excluding hydrogens is 222 g/mol. The highest BCUT2D eigenvalue weighted by Crippen LogP contribution is 2.01. The maximum atomic E-state index is 11.7. The number of carboxylic acids is 1. The van der Waals surface area contributed by atoms with Crippen molar-refractivity contribution in [3.8, 4) is 6.07 Å². The molecule has 0 saturated heterocycles. The molecule has 0 rings (SSSR count). The molecule has 0 aliphatic heterocycles. The lowest BCUT2D eigenvalue weighted by Crippen LogP contribution is -2.46. The smallest absolute Gasteiger partial charge is 0.317 e. The molecule has 0 heterocycles. The Balaban J connectivity index is 4.24. The van der Waals surface area contributed by atoms with Crippen LogP contribution in [-0.4, -0.2) is 41.1 Å². The number of carboxylic acid groups (broad SMARTS) is 1. The third-order valence-electron chi connectivity index (χ3n) is 2.33. The molecule has 2 N–H and O–H groups in total. The van der Waals surface area contributed by atoms with Crippen LogP contribution in [0.5, 0.6) is 0 Å². The molecule has 0 spiro atoms. The number of nitrogens with zero attached hydrogens (tertiary/aromatic N) is 2. The van der Waals surface area contributed by atoms with Gasteiger partial charge in [0.05, 0.1) is 18.4 Å². The highest BCUT2D eigenvalue weighted by atomic mass is 16.4. The maximum Gasteiger partial charge on any atom is 0.317 e. The van der Waals surface area contributed by atoms with Crippen molar-refractivity contribution in [2.24, 2.45) is 5.92 Å². The van der Waals surface area contributed by atoms with E-state index in [9.17, 15) is 9.59 Å². The van der Waals surface area contributed by atoms with Gasteiger partial charge in [-0.2, -0.15) is 5.26 Å². The van der Waals surface area contributed by atoms with Crippen LogP contribution in [0.2, 0.25) is 0 Å². The number of hydrogen-bond acceptors (Lipinski definition) is 3. The zero-order valence-electron chi connectivity index (χ0n) is 10.4. The van der Waals surface area contributed by atoms with Crippen molar-refractivity contribution in [3.05, 3.63) is 0 Å². The van der Waals surface area contributed by atoms with Gasteiger partial charge in [0.1, 0.15) is 0 Å². The summed E-state index contributed by atoms with van der Waals surface area (Å²) < 4.78 is 0. The van der Waals surface area contributed by atoms with Crippen LogP contribution in [0.25, 0.3) is 0 Å². The van der Waals surface area contributed by atoms with Crippen molar-refractivity contribution >= 4 is 12.0 Å². The van der Waals surface area contributed by atoms with Crippen molar-refractivity contribution in [2.45, 2.75) is 33.2 Å². The van der Waals surface area contributed by atoms with Crippen molar-refractivity contribution in [3.63, 3.8) is 0 Å². The van der Waals surface area contributed by atoms with Gasteiger partial charge in [0.2, 0.25) is 0 Å². The maximum absolute atomic E-state index is 11.7. The molecule has 1 atom stereocenters. The van der Waals surface area contributed by atoms with Gasteiger partial charge in [0.25, 0.3) is 0 Å². The summed E-state index contributed by atoms with van der Waals surface area (Å²) >= 11 is 0. The molecule has 2 amide bonds. The lowest BCUT2D eigenvalue weighted by atomic mass is 10.2. The van der Waals surface area contributed by atoms with Crippen molar-refractivity contribution in [1.82, 2.24) is 10.2 Å². The standard InChI is InChI=1S/C11H19N3O3/c1-8(2)14(6-4-5-12)11(17)13-7-9(3)10(15)16/h8-9H,4,6-7H2,1-3H3,(H,13,17)(H,15,16). The van der Waals surface area contributed by atoms with Crippen LogP contribution in [0.15, 0.2) is 0 Å². The third kappa shape index (κ3) is 5.76. The molecule has 17 heavy (non-hydrogen) atoms. The van der Waals surface area contributed by atoms with Crippen LogP contribution >= 0.6 is 0 Å². The Morgan fingerprint density at radius 1 is 1.41 bits per heavy atom. The Labute approximate surface area is 101 Å². The molecule has 0 aromatic heterocycles. The van der Waals surface area contributed by atoms with Gasteiger partial charge in [-0.15, -0.1) is 0 Å². The zero-order valence-corrected chi connectivity index (χ0v) is 10.4. The van der Waals surface area contributed by atoms with Crippen molar-refractivity contribution in [1.29, 1.82) is 5.26 Å². The minimum absolute atomic E-state index is 0.0246. The molecule has 1 unspecified atom stereocenters. The molecule has 0 aromatic carbocycles. The van der Waals surface area contributed by atoms with Crippen LogP contribution in [0, 0.1) is 17.2 Å². The second kappa shape index (κ2) is 7.49. The summed E-state index contributed by atoms with van der Waals surface area (Å²) in [7, 11) is 0. The average Bonchev–Trinajstić information content (AvgIpc) is 2.25. The topological polar surface area (TPSA) is 93.4 Å². The molecule has 0 aliphatic rings. The molecule has 0 radical (unpaired) electrons. The van der Waals surface area contributed by atoms with Crippen LogP contribution in [0.4, 0.5) is 4.79 Å². The summed E-state index contributed by atoms with van der Waals surface area (Å²) in [6, 6.07) is 1.62. The third-order valence-corrected chi connectivity index (χ3v) is 2.33. The van der Waals surface area contributed by atoms with E-state index in [1.165, 1.54) is 11.8 Å². The molecule has 0 saturated carbocycles. The Kier molecular flexibility index (Phi) is 6.71. The van der Waals surface area contributed by atoms with Gasteiger partial charge in [-0.25, -0.2) is 4.79 Å². The predicted octanol–water partition coefficient (Wildman–Crippen LogP) is 1.04. The van der Waals surface area contributed by atoms with Crippen LogP contribution < -0.4 is 5.32 Å². The summed E-state index contributed by atoms with van der Waals surface area (Å²) in [5.41, 5.74) is 0.